The quantitative estimate of drug-likeness (QED) is 0.506. The molecule has 0 spiro atoms. The van der Waals surface area contributed by atoms with Gasteiger partial charge in [0, 0.05) is 7.05 Å². The lowest BCUT2D eigenvalue weighted by atomic mass is 10.6. The fourth-order valence-electron chi connectivity index (χ4n) is 1.12. The van der Waals surface area contributed by atoms with Crippen molar-refractivity contribution < 1.29 is 21.8 Å². The van der Waals surface area contributed by atoms with E-state index in [4.69, 9.17) is 0 Å². The second kappa shape index (κ2) is 4.62. The normalized spacial score (nSPS) is 12.6. The van der Waals surface area contributed by atoms with Gasteiger partial charge in [-0.05, 0) is 0 Å². The fourth-order valence-corrected chi connectivity index (χ4v) is 3.82. The van der Waals surface area contributed by atoms with Crippen LogP contribution in [0.1, 0.15) is 0 Å². The molecule has 0 atom stereocenters. The highest BCUT2D eigenvalue weighted by atomic mass is 32.2. The molecule has 0 aliphatic rings. The third kappa shape index (κ3) is 3.48. The van der Waals surface area contributed by atoms with Crippen LogP contribution in [0.4, 0.5) is 5.69 Å². The van der Waals surface area contributed by atoms with Crippen molar-refractivity contribution >= 4 is 25.5 Å². The summed E-state index contributed by atoms with van der Waals surface area (Å²) in [6.07, 6.45) is 0.920. The van der Waals surface area contributed by atoms with Gasteiger partial charge in [0.05, 0.1) is 16.4 Å². The Morgan fingerprint density at radius 3 is 2.39 bits per heavy atom. The second-order valence-electron chi connectivity index (χ2n) is 3.44. The van der Waals surface area contributed by atoms with E-state index in [9.17, 15) is 26.9 Å². The van der Waals surface area contributed by atoms with Crippen LogP contribution >= 0.6 is 0 Å². The molecule has 0 aliphatic heterocycles. The van der Waals surface area contributed by atoms with Crippen LogP contribution in [0.2, 0.25) is 0 Å². The summed E-state index contributed by atoms with van der Waals surface area (Å²) in [5, 5.41) is 18.0. The van der Waals surface area contributed by atoms with Crippen LogP contribution in [0.5, 0.6) is 0 Å². The van der Waals surface area contributed by atoms with Crippen LogP contribution < -0.4 is 5.14 Å². The fraction of sp³-hybridized carbons (Fsp3) is 0.500. The number of nitro groups is 1. The first-order valence-corrected chi connectivity index (χ1v) is 7.81. The average molecular weight is 298 g/mol. The van der Waals surface area contributed by atoms with Gasteiger partial charge in [-0.3, -0.25) is 14.8 Å². The van der Waals surface area contributed by atoms with E-state index in [0.717, 1.165) is 10.9 Å². The van der Waals surface area contributed by atoms with Crippen molar-refractivity contribution in [1.29, 1.82) is 0 Å². The van der Waals surface area contributed by atoms with Crippen LogP contribution in [0.25, 0.3) is 0 Å². The number of rotatable bonds is 5. The Labute approximate surface area is 103 Å². The molecule has 0 unspecified atom stereocenters. The van der Waals surface area contributed by atoms with Gasteiger partial charge in [0.2, 0.25) is 19.9 Å². The van der Waals surface area contributed by atoms with Crippen molar-refractivity contribution in [2.45, 2.75) is 5.03 Å². The van der Waals surface area contributed by atoms with Crippen molar-refractivity contribution in [3.8, 4) is 0 Å². The average Bonchev–Trinajstić information content (AvgIpc) is 2.57. The maximum absolute atomic E-state index is 11.7. The van der Waals surface area contributed by atoms with Crippen molar-refractivity contribution in [3.63, 3.8) is 0 Å². The second-order valence-corrected chi connectivity index (χ2v) is 7.19. The highest BCUT2D eigenvalue weighted by Gasteiger charge is 2.30. The van der Waals surface area contributed by atoms with Gasteiger partial charge >= 0.3 is 5.69 Å². The summed E-state index contributed by atoms with van der Waals surface area (Å²) in [5.41, 5.74) is -0.702. The van der Waals surface area contributed by atoms with E-state index >= 15 is 0 Å². The van der Waals surface area contributed by atoms with Crippen LogP contribution in [0.3, 0.4) is 0 Å². The van der Waals surface area contributed by atoms with E-state index in [2.05, 4.69) is 10.2 Å². The molecule has 0 amide bonds. The van der Waals surface area contributed by atoms with Crippen LogP contribution in [0, 0.1) is 10.1 Å². The first-order chi connectivity index (χ1) is 8.03. The number of hydrogen-bond acceptors (Lipinski definition) is 7. The predicted molar refractivity (Wildman–Crippen MR) is 59.9 cm³/mol. The molecule has 1 heterocycles. The van der Waals surface area contributed by atoms with Crippen molar-refractivity contribution in [1.82, 2.24) is 9.78 Å². The Balaban J connectivity index is 3.17. The Hall–Kier alpha value is -1.53. The summed E-state index contributed by atoms with van der Waals surface area (Å²) in [6, 6.07) is 0. The first kappa shape index (κ1) is 14.5. The minimum atomic E-state index is -4.18. The van der Waals surface area contributed by atoms with Crippen LogP contribution in [-0.2, 0) is 26.9 Å². The van der Waals surface area contributed by atoms with Gasteiger partial charge in [-0.25, -0.2) is 22.0 Å². The maximum atomic E-state index is 11.7. The highest BCUT2D eigenvalue weighted by molar-refractivity contribution is 7.94. The Bertz CT molecular complexity index is 673. The molecule has 1 aromatic heterocycles. The van der Waals surface area contributed by atoms with Gasteiger partial charge < -0.3 is 0 Å². The van der Waals surface area contributed by atoms with Gasteiger partial charge in [-0.1, -0.05) is 0 Å². The Morgan fingerprint density at radius 2 is 1.94 bits per heavy atom. The minimum Gasteiger partial charge on any atom is -0.267 e. The minimum absolute atomic E-state index is 0.702. The number of primary sulfonamides is 1. The SMILES string of the molecule is Cn1cc([N+](=O)[O-])c(S(=O)(=O)CCS(N)(=O)=O)n1. The first-order valence-electron chi connectivity index (χ1n) is 4.44. The van der Waals surface area contributed by atoms with Crippen LogP contribution in [-0.4, -0.2) is 43.0 Å². The van der Waals surface area contributed by atoms with Gasteiger partial charge in [0.1, 0.15) is 6.20 Å². The van der Waals surface area contributed by atoms with E-state index in [1.165, 1.54) is 7.05 Å². The lowest BCUT2D eigenvalue weighted by Gasteiger charge is -1.99. The molecule has 0 aromatic carbocycles. The predicted octanol–water partition coefficient (Wildman–Crippen LogP) is -1.61. The largest absolute Gasteiger partial charge is 0.325 e. The topological polar surface area (TPSA) is 155 Å². The van der Waals surface area contributed by atoms with Crippen molar-refractivity contribution in [2.75, 3.05) is 11.5 Å². The van der Waals surface area contributed by atoms with Crippen LogP contribution in [0.15, 0.2) is 11.2 Å². The molecule has 0 saturated heterocycles. The molecule has 0 bridgehead atoms. The summed E-state index contributed by atoms with van der Waals surface area (Å²) >= 11 is 0. The molecule has 0 radical (unpaired) electrons. The summed E-state index contributed by atoms with van der Waals surface area (Å²) in [5.74, 6) is -1.69. The third-order valence-electron chi connectivity index (χ3n) is 1.90. The molecule has 0 saturated carbocycles. The summed E-state index contributed by atoms with van der Waals surface area (Å²) in [7, 11) is -6.85. The summed E-state index contributed by atoms with van der Waals surface area (Å²) in [6.45, 7) is 0. The summed E-state index contributed by atoms with van der Waals surface area (Å²) < 4.78 is 45.8. The maximum Gasteiger partial charge on any atom is 0.325 e. The van der Waals surface area contributed by atoms with Crippen molar-refractivity contribution in [3.05, 3.63) is 16.3 Å². The molecule has 1 rings (SSSR count). The zero-order valence-corrected chi connectivity index (χ0v) is 10.8. The van der Waals surface area contributed by atoms with Gasteiger partial charge in [0.25, 0.3) is 5.03 Å². The van der Waals surface area contributed by atoms with Crippen molar-refractivity contribution in [2.24, 2.45) is 12.2 Å². The molecular formula is C6H10N4O6S2. The number of nitrogens with zero attached hydrogens (tertiary/aromatic N) is 3. The van der Waals surface area contributed by atoms with Gasteiger partial charge in [0.15, 0.2) is 0 Å². The molecule has 12 heteroatoms. The zero-order valence-electron chi connectivity index (χ0n) is 9.18. The number of hydrogen-bond donors (Lipinski definition) is 1. The molecule has 2 N–H and O–H groups in total. The molecule has 18 heavy (non-hydrogen) atoms. The van der Waals surface area contributed by atoms with E-state index in [1.54, 1.807) is 0 Å². The number of sulfone groups is 1. The zero-order chi connectivity index (χ0) is 14.1. The molecule has 0 fully saturated rings. The van der Waals surface area contributed by atoms with E-state index in [-0.39, 0.29) is 0 Å². The molecule has 10 nitrogen and oxygen atoms in total. The smallest absolute Gasteiger partial charge is 0.267 e. The monoisotopic (exact) mass is 298 g/mol. The molecule has 102 valence electrons. The number of aryl methyl sites for hydroxylation is 1. The Morgan fingerprint density at radius 1 is 1.39 bits per heavy atom. The number of aromatic nitrogens is 2. The lowest BCUT2D eigenvalue weighted by Crippen LogP contribution is -2.23. The molecular weight excluding hydrogens is 288 g/mol. The van der Waals surface area contributed by atoms with E-state index < -0.39 is 47.0 Å². The Kier molecular flexibility index (Phi) is 3.73. The lowest BCUT2D eigenvalue weighted by molar-refractivity contribution is -0.387. The van der Waals surface area contributed by atoms with Gasteiger partial charge in [-0.15, -0.1) is 0 Å². The standard InChI is InChI=1S/C6H10N4O6S2/c1-9-4-5(10(11)12)6(8-9)17(13,14)2-3-18(7,15)16/h4H,2-3H2,1H3,(H2,7,15,16). The number of nitrogens with two attached hydrogens (primary N) is 1. The van der Waals surface area contributed by atoms with E-state index in [1.807, 2.05) is 0 Å². The highest BCUT2D eigenvalue weighted by Crippen LogP contribution is 2.22. The van der Waals surface area contributed by atoms with E-state index in [0.29, 0.717) is 0 Å². The third-order valence-corrected chi connectivity index (χ3v) is 4.56. The number of sulfonamides is 1. The summed E-state index contributed by atoms with van der Waals surface area (Å²) in [4.78, 5) is 9.72. The molecule has 1 aromatic rings. The molecule has 0 aliphatic carbocycles. The van der Waals surface area contributed by atoms with Gasteiger partial charge in [-0.2, -0.15) is 5.10 Å².